The van der Waals surface area contributed by atoms with E-state index in [4.69, 9.17) is 0 Å². The molecule has 1 amide bonds. The number of benzene rings is 1. The first-order valence-electron chi connectivity index (χ1n) is 8.53. The predicted octanol–water partition coefficient (Wildman–Crippen LogP) is -0.405. The summed E-state index contributed by atoms with van der Waals surface area (Å²) < 4.78 is 0. The molecule has 0 atom stereocenters. The summed E-state index contributed by atoms with van der Waals surface area (Å²) >= 11 is 0. The van der Waals surface area contributed by atoms with Crippen molar-refractivity contribution in [2.75, 3.05) is 44.2 Å². The van der Waals surface area contributed by atoms with Crippen molar-refractivity contribution in [2.45, 2.75) is 19.3 Å². The Balaban J connectivity index is 1.33. The molecule has 0 unspecified atom stereocenters. The fourth-order valence-electron chi connectivity index (χ4n) is 3.11. The smallest absolute Gasteiger partial charge is 0.244 e. The highest BCUT2D eigenvalue weighted by atomic mass is 16.2. The number of amidine groups is 1. The van der Waals surface area contributed by atoms with E-state index in [0.717, 1.165) is 57.9 Å². The van der Waals surface area contributed by atoms with E-state index >= 15 is 0 Å². The number of hydrogen-bond donors (Lipinski definition) is 3. The molecule has 0 aliphatic carbocycles. The molecular formula is C17H26N5O+. The van der Waals surface area contributed by atoms with Gasteiger partial charge in [0.2, 0.25) is 5.91 Å². The minimum atomic E-state index is 0.0533. The van der Waals surface area contributed by atoms with E-state index in [1.54, 1.807) is 0 Å². The average molecular weight is 316 g/mol. The highest BCUT2D eigenvalue weighted by molar-refractivity contribution is 5.86. The number of quaternary nitrogens is 1. The van der Waals surface area contributed by atoms with Crippen molar-refractivity contribution in [2.24, 2.45) is 4.99 Å². The molecule has 2 aliphatic heterocycles. The van der Waals surface area contributed by atoms with Gasteiger partial charge in [-0.3, -0.25) is 20.6 Å². The summed E-state index contributed by atoms with van der Waals surface area (Å²) in [5.74, 6) is 0.958. The van der Waals surface area contributed by atoms with Crippen LogP contribution in [0.5, 0.6) is 0 Å². The highest BCUT2D eigenvalue weighted by Gasteiger charge is 2.20. The predicted molar refractivity (Wildman–Crippen MR) is 91.7 cm³/mol. The van der Waals surface area contributed by atoms with Gasteiger partial charge in [-0.1, -0.05) is 18.2 Å². The molecule has 1 fully saturated rings. The van der Waals surface area contributed by atoms with Gasteiger partial charge in [-0.05, 0) is 18.6 Å². The maximum atomic E-state index is 11.9. The first kappa shape index (κ1) is 15.8. The molecule has 2 aliphatic rings. The van der Waals surface area contributed by atoms with Crippen molar-refractivity contribution in [1.29, 1.82) is 0 Å². The molecule has 6 heteroatoms. The summed E-state index contributed by atoms with van der Waals surface area (Å²) in [6.07, 6.45) is 2.57. The van der Waals surface area contributed by atoms with Gasteiger partial charge in [-0.15, -0.1) is 0 Å². The number of hydrazine groups is 1. The fraction of sp³-hybridized carbons (Fsp3) is 0.529. The number of amides is 1. The van der Waals surface area contributed by atoms with E-state index in [2.05, 4.69) is 51.1 Å². The monoisotopic (exact) mass is 316 g/mol. The molecule has 2 heterocycles. The van der Waals surface area contributed by atoms with Crippen LogP contribution in [-0.2, 0) is 4.79 Å². The second-order valence-electron chi connectivity index (χ2n) is 6.18. The van der Waals surface area contributed by atoms with Gasteiger partial charge < -0.3 is 9.80 Å². The Labute approximate surface area is 137 Å². The Morgan fingerprint density at radius 1 is 1.22 bits per heavy atom. The topological polar surface area (TPSA) is 61.2 Å². The molecule has 1 aromatic carbocycles. The zero-order valence-electron chi connectivity index (χ0n) is 13.6. The van der Waals surface area contributed by atoms with Crippen molar-refractivity contribution in [1.82, 2.24) is 10.9 Å². The SMILES string of the molecule is O=C(CC[NH+]1CCN(c2ccccc2)CC1)NNC1=NCCC1. The molecular weight excluding hydrogens is 290 g/mol. The van der Waals surface area contributed by atoms with Crippen molar-refractivity contribution in [3.05, 3.63) is 30.3 Å². The Bertz CT molecular complexity index is 537. The van der Waals surface area contributed by atoms with Crippen LogP contribution in [0.3, 0.4) is 0 Å². The summed E-state index contributed by atoms with van der Waals surface area (Å²) in [5.41, 5.74) is 6.98. The maximum absolute atomic E-state index is 11.9. The summed E-state index contributed by atoms with van der Waals surface area (Å²) in [7, 11) is 0. The molecule has 1 saturated heterocycles. The van der Waals surface area contributed by atoms with Crippen LogP contribution in [0, 0.1) is 0 Å². The van der Waals surface area contributed by atoms with Crippen molar-refractivity contribution in [3.63, 3.8) is 0 Å². The van der Waals surface area contributed by atoms with Crippen LogP contribution in [0.15, 0.2) is 35.3 Å². The molecule has 0 spiro atoms. The quantitative estimate of drug-likeness (QED) is 0.662. The second kappa shape index (κ2) is 7.97. The van der Waals surface area contributed by atoms with Gasteiger partial charge in [0.15, 0.2) is 0 Å². The average Bonchev–Trinajstić information content (AvgIpc) is 3.13. The van der Waals surface area contributed by atoms with Gasteiger partial charge in [0.25, 0.3) is 0 Å². The van der Waals surface area contributed by atoms with Crippen LogP contribution < -0.4 is 20.7 Å². The van der Waals surface area contributed by atoms with E-state index < -0.39 is 0 Å². The number of hydrogen-bond acceptors (Lipinski definition) is 4. The van der Waals surface area contributed by atoms with Gasteiger partial charge in [0, 0.05) is 18.7 Å². The number of nitrogens with zero attached hydrogens (tertiary/aromatic N) is 2. The number of carbonyl (C=O) groups is 1. The molecule has 23 heavy (non-hydrogen) atoms. The Kier molecular flexibility index (Phi) is 5.47. The van der Waals surface area contributed by atoms with Crippen LogP contribution >= 0.6 is 0 Å². The maximum Gasteiger partial charge on any atom is 0.244 e. The minimum absolute atomic E-state index is 0.0533. The number of piperazine rings is 1. The number of carbonyl (C=O) groups excluding carboxylic acids is 1. The second-order valence-corrected chi connectivity index (χ2v) is 6.18. The first-order chi connectivity index (χ1) is 11.3. The standard InChI is InChI=1S/C17H25N5O/c23-17(20-19-16-7-4-9-18-16)8-10-21-11-13-22(14-12-21)15-5-2-1-3-6-15/h1-3,5-6H,4,7-14H2,(H,18,19)(H,20,23)/p+1. The lowest BCUT2D eigenvalue weighted by molar-refractivity contribution is -0.900. The molecule has 0 saturated carbocycles. The number of rotatable bonds is 4. The van der Waals surface area contributed by atoms with Gasteiger partial charge >= 0.3 is 0 Å². The number of nitrogens with one attached hydrogen (secondary N) is 3. The van der Waals surface area contributed by atoms with Crippen LogP contribution in [0.2, 0.25) is 0 Å². The van der Waals surface area contributed by atoms with Crippen LogP contribution in [0.1, 0.15) is 19.3 Å². The summed E-state index contributed by atoms with van der Waals surface area (Å²) in [6, 6.07) is 10.5. The van der Waals surface area contributed by atoms with E-state index in [9.17, 15) is 4.79 Å². The molecule has 0 bridgehead atoms. The van der Waals surface area contributed by atoms with Crippen LogP contribution in [-0.4, -0.2) is 51.0 Å². The van der Waals surface area contributed by atoms with Crippen molar-refractivity contribution >= 4 is 17.4 Å². The Morgan fingerprint density at radius 3 is 2.70 bits per heavy atom. The molecule has 1 aromatic rings. The third kappa shape index (κ3) is 4.69. The number of para-hydroxylation sites is 1. The molecule has 124 valence electrons. The van der Waals surface area contributed by atoms with Gasteiger partial charge in [0.1, 0.15) is 5.84 Å². The van der Waals surface area contributed by atoms with E-state index in [0.29, 0.717) is 6.42 Å². The zero-order chi connectivity index (χ0) is 15.9. The fourth-order valence-corrected chi connectivity index (χ4v) is 3.11. The Morgan fingerprint density at radius 2 is 2.00 bits per heavy atom. The van der Waals surface area contributed by atoms with Crippen LogP contribution in [0.4, 0.5) is 5.69 Å². The normalized spacial score (nSPS) is 18.6. The largest absolute Gasteiger partial charge is 0.360 e. The van der Waals surface area contributed by atoms with E-state index in [-0.39, 0.29) is 5.91 Å². The van der Waals surface area contributed by atoms with Crippen molar-refractivity contribution in [3.8, 4) is 0 Å². The van der Waals surface area contributed by atoms with Crippen LogP contribution in [0.25, 0.3) is 0 Å². The third-order valence-electron chi connectivity index (χ3n) is 4.52. The lowest BCUT2D eigenvalue weighted by atomic mass is 10.2. The summed E-state index contributed by atoms with van der Waals surface area (Å²) in [6.45, 7) is 6.04. The van der Waals surface area contributed by atoms with E-state index in [1.165, 1.54) is 10.6 Å². The van der Waals surface area contributed by atoms with Gasteiger partial charge in [-0.2, -0.15) is 0 Å². The summed E-state index contributed by atoms with van der Waals surface area (Å²) in [4.78, 5) is 20.1. The van der Waals surface area contributed by atoms with Gasteiger partial charge in [0.05, 0.1) is 39.1 Å². The van der Waals surface area contributed by atoms with E-state index in [1.807, 2.05) is 0 Å². The molecule has 3 rings (SSSR count). The summed E-state index contributed by atoms with van der Waals surface area (Å²) in [5, 5.41) is 0. The molecule has 6 nitrogen and oxygen atoms in total. The van der Waals surface area contributed by atoms with Gasteiger partial charge in [-0.25, -0.2) is 0 Å². The number of anilines is 1. The molecule has 0 aromatic heterocycles. The number of aliphatic imine (C=N–C) groups is 1. The zero-order valence-corrected chi connectivity index (χ0v) is 13.6. The third-order valence-corrected chi connectivity index (χ3v) is 4.52. The highest BCUT2D eigenvalue weighted by Crippen LogP contribution is 2.12. The minimum Gasteiger partial charge on any atom is -0.360 e. The molecule has 3 N–H and O–H groups in total. The lowest BCUT2D eigenvalue weighted by Crippen LogP contribution is -3.15. The van der Waals surface area contributed by atoms with Crippen molar-refractivity contribution < 1.29 is 9.69 Å². The lowest BCUT2D eigenvalue weighted by Gasteiger charge is -2.33. The molecule has 0 radical (unpaired) electrons. The first-order valence-corrected chi connectivity index (χ1v) is 8.53. The Hall–Kier alpha value is -2.08.